The van der Waals surface area contributed by atoms with E-state index in [2.05, 4.69) is 22.9 Å². The third-order valence-electron chi connectivity index (χ3n) is 1.94. The van der Waals surface area contributed by atoms with Gasteiger partial charge in [-0.25, -0.2) is 0 Å². The Morgan fingerprint density at radius 3 is 3.13 bits per heavy atom. The first-order chi connectivity index (χ1) is 7.43. The van der Waals surface area contributed by atoms with Gasteiger partial charge < -0.3 is 10.1 Å². The van der Waals surface area contributed by atoms with Gasteiger partial charge in [0, 0.05) is 25.5 Å². The molecule has 0 aliphatic rings. The zero-order valence-electron chi connectivity index (χ0n) is 8.98. The van der Waals surface area contributed by atoms with Crippen LogP contribution >= 0.6 is 0 Å². The van der Waals surface area contributed by atoms with Crippen LogP contribution in [-0.4, -0.2) is 24.7 Å². The van der Waals surface area contributed by atoms with E-state index in [1.807, 2.05) is 18.3 Å². The van der Waals surface area contributed by atoms with Crippen molar-refractivity contribution >= 4 is 0 Å². The maximum Gasteiger partial charge on any atom is 0.0591 e. The van der Waals surface area contributed by atoms with Crippen molar-refractivity contribution in [2.45, 2.75) is 13.0 Å². The number of hydrogen-bond donors (Lipinski definition) is 1. The Bertz CT molecular complexity index is 262. The maximum absolute atomic E-state index is 5.36. The lowest BCUT2D eigenvalue weighted by molar-refractivity contribution is 0.140. The molecule has 0 aliphatic heterocycles. The second-order valence-electron chi connectivity index (χ2n) is 3.23. The van der Waals surface area contributed by atoms with Crippen LogP contribution in [0.3, 0.4) is 0 Å². The molecule has 82 valence electrons. The summed E-state index contributed by atoms with van der Waals surface area (Å²) in [6.45, 7) is 6.85. The minimum Gasteiger partial charge on any atom is -0.380 e. The molecule has 0 atom stereocenters. The van der Waals surface area contributed by atoms with Gasteiger partial charge in [-0.05, 0) is 18.1 Å². The molecule has 1 rings (SSSR count). The van der Waals surface area contributed by atoms with Crippen LogP contribution in [0.15, 0.2) is 37.2 Å². The van der Waals surface area contributed by atoms with Crippen LogP contribution in [0.2, 0.25) is 0 Å². The zero-order chi connectivity index (χ0) is 10.8. The summed E-state index contributed by atoms with van der Waals surface area (Å²) in [6, 6.07) is 4.00. The van der Waals surface area contributed by atoms with Gasteiger partial charge in [0.15, 0.2) is 0 Å². The Morgan fingerprint density at radius 1 is 1.47 bits per heavy atom. The van der Waals surface area contributed by atoms with Crippen LogP contribution in [0, 0.1) is 0 Å². The molecule has 1 heterocycles. The van der Waals surface area contributed by atoms with Crippen LogP contribution < -0.4 is 5.32 Å². The molecular formula is C12H18N2O. The molecule has 1 aromatic heterocycles. The van der Waals surface area contributed by atoms with Gasteiger partial charge >= 0.3 is 0 Å². The molecule has 0 bridgehead atoms. The minimum atomic E-state index is 0.744. The third kappa shape index (κ3) is 5.99. The highest BCUT2D eigenvalue weighted by Crippen LogP contribution is 1.93. The van der Waals surface area contributed by atoms with Crippen molar-refractivity contribution in [2.24, 2.45) is 0 Å². The fourth-order valence-corrected chi connectivity index (χ4v) is 1.15. The number of hydrogen-bond acceptors (Lipinski definition) is 3. The van der Waals surface area contributed by atoms with Crippen molar-refractivity contribution < 1.29 is 4.74 Å². The van der Waals surface area contributed by atoms with Gasteiger partial charge in [-0.15, -0.1) is 6.58 Å². The first kappa shape index (κ1) is 11.9. The summed E-state index contributed by atoms with van der Waals surface area (Å²) in [7, 11) is 0. The lowest BCUT2D eigenvalue weighted by atomic mass is 10.3. The highest BCUT2D eigenvalue weighted by Gasteiger charge is 1.91. The molecule has 0 spiro atoms. The molecule has 3 heteroatoms. The lowest BCUT2D eigenvalue weighted by Crippen LogP contribution is -2.19. The van der Waals surface area contributed by atoms with Crippen molar-refractivity contribution in [1.29, 1.82) is 0 Å². The summed E-state index contributed by atoms with van der Waals surface area (Å²) in [5.41, 5.74) is 1.20. The molecule has 0 unspecified atom stereocenters. The molecule has 0 aromatic carbocycles. The van der Waals surface area contributed by atoms with Crippen LogP contribution in [0.4, 0.5) is 0 Å². The zero-order valence-corrected chi connectivity index (χ0v) is 8.98. The predicted molar refractivity (Wildman–Crippen MR) is 61.6 cm³/mol. The van der Waals surface area contributed by atoms with Crippen LogP contribution in [0.5, 0.6) is 0 Å². The Morgan fingerprint density at radius 2 is 2.40 bits per heavy atom. The summed E-state index contributed by atoms with van der Waals surface area (Å²) >= 11 is 0. The average molecular weight is 206 g/mol. The Labute approximate surface area is 91.2 Å². The lowest BCUT2D eigenvalue weighted by Gasteiger charge is -2.04. The number of nitrogens with zero attached hydrogens (tertiary/aromatic N) is 1. The van der Waals surface area contributed by atoms with E-state index >= 15 is 0 Å². The number of aromatic nitrogens is 1. The average Bonchev–Trinajstić information content (AvgIpc) is 2.29. The molecule has 0 amide bonds. The highest BCUT2D eigenvalue weighted by molar-refractivity contribution is 5.07. The Hall–Kier alpha value is -1.19. The normalized spacial score (nSPS) is 10.1. The molecule has 0 saturated carbocycles. The largest absolute Gasteiger partial charge is 0.380 e. The van der Waals surface area contributed by atoms with E-state index < -0.39 is 0 Å². The standard InChI is InChI=1S/C12H18N2O/c1-2-3-8-15-9-7-14-11-12-5-4-6-13-10-12/h2,4-6,10,14H,1,3,7-9,11H2. The molecule has 15 heavy (non-hydrogen) atoms. The van der Waals surface area contributed by atoms with Gasteiger partial charge in [0.2, 0.25) is 0 Å². The molecule has 1 aromatic rings. The molecular weight excluding hydrogens is 188 g/mol. The van der Waals surface area contributed by atoms with Crippen molar-refractivity contribution in [3.05, 3.63) is 42.7 Å². The van der Waals surface area contributed by atoms with Gasteiger partial charge in [-0.2, -0.15) is 0 Å². The van der Waals surface area contributed by atoms with Crippen LogP contribution in [0.25, 0.3) is 0 Å². The second-order valence-corrected chi connectivity index (χ2v) is 3.23. The first-order valence-corrected chi connectivity index (χ1v) is 5.21. The summed E-state index contributed by atoms with van der Waals surface area (Å²) in [5, 5.41) is 3.29. The Kier molecular flexibility index (Phi) is 6.45. The fourth-order valence-electron chi connectivity index (χ4n) is 1.15. The molecule has 0 saturated heterocycles. The molecule has 3 nitrogen and oxygen atoms in total. The van der Waals surface area contributed by atoms with Crippen LogP contribution in [-0.2, 0) is 11.3 Å². The maximum atomic E-state index is 5.36. The van der Waals surface area contributed by atoms with E-state index in [9.17, 15) is 0 Å². The summed E-state index contributed by atoms with van der Waals surface area (Å²) < 4.78 is 5.36. The van der Waals surface area contributed by atoms with E-state index in [4.69, 9.17) is 4.74 Å². The molecule has 1 N–H and O–H groups in total. The van der Waals surface area contributed by atoms with Gasteiger partial charge in [0.05, 0.1) is 13.2 Å². The molecule has 0 radical (unpaired) electrons. The predicted octanol–water partition coefficient (Wildman–Crippen LogP) is 1.76. The quantitative estimate of drug-likeness (QED) is 0.520. The molecule has 0 aliphatic carbocycles. The number of nitrogens with one attached hydrogen (secondary N) is 1. The van der Waals surface area contributed by atoms with E-state index in [0.29, 0.717) is 0 Å². The smallest absolute Gasteiger partial charge is 0.0591 e. The first-order valence-electron chi connectivity index (χ1n) is 5.21. The van der Waals surface area contributed by atoms with Gasteiger partial charge in [-0.1, -0.05) is 12.1 Å². The number of ether oxygens (including phenoxy) is 1. The summed E-state index contributed by atoms with van der Waals surface area (Å²) in [6.07, 6.45) is 6.43. The minimum absolute atomic E-state index is 0.744. The fraction of sp³-hybridized carbons (Fsp3) is 0.417. The Balaban J connectivity index is 1.95. The van der Waals surface area contributed by atoms with Crippen molar-refractivity contribution in [1.82, 2.24) is 10.3 Å². The topological polar surface area (TPSA) is 34.1 Å². The van der Waals surface area contributed by atoms with E-state index in [1.165, 1.54) is 5.56 Å². The monoisotopic (exact) mass is 206 g/mol. The van der Waals surface area contributed by atoms with Gasteiger partial charge in [0.1, 0.15) is 0 Å². The van der Waals surface area contributed by atoms with Crippen LogP contribution in [0.1, 0.15) is 12.0 Å². The van der Waals surface area contributed by atoms with Gasteiger partial charge in [0.25, 0.3) is 0 Å². The molecule has 0 fully saturated rings. The summed E-state index contributed by atoms with van der Waals surface area (Å²) in [5.74, 6) is 0. The van der Waals surface area contributed by atoms with Gasteiger partial charge in [-0.3, -0.25) is 4.98 Å². The van der Waals surface area contributed by atoms with Crippen molar-refractivity contribution in [3.63, 3.8) is 0 Å². The van der Waals surface area contributed by atoms with Crippen molar-refractivity contribution in [2.75, 3.05) is 19.8 Å². The number of pyridine rings is 1. The van der Waals surface area contributed by atoms with E-state index in [-0.39, 0.29) is 0 Å². The second kappa shape index (κ2) is 8.15. The van der Waals surface area contributed by atoms with Crippen molar-refractivity contribution in [3.8, 4) is 0 Å². The van der Waals surface area contributed by atoms with E-state index in [0.717, 1.165) is 32.7 Å². The SMILES string of the molecule is C=CCCOCCNCc1cccnc1. The highest BCUT2D eigenvalue weighted by atomic mass is 16.5. The third-order valence-corrected chi connectivity index (χ3v) is 1.94. The number of rotatable bonds is 8. The summed E-state index contributed by atoms with van der Waals surface area (Å²) in [4.78, 5) is 4.04. The van der Waals surface area contributed by atoms with E-state index in [1.54, 1.807) is 6.20 Å².